The first-order valence-corrected chi connectivity index (χ1v) is 9.05. The van der Waals surface area contributed by atoms with Crippen molar-refractivity contribution in [1.29, 1.82) is 0 Å². The van der Waals surface area contributed by atoms with Crippen molar-refractivity contribution in [2.45, 2.75) is 11.4 Å². The van der Waals surface area contributed by atoms with Crippen molar-refractivity contribution in [3.63, 3.8) is 0 Å². The molecule has 0 fully saturated rings. The van der Waals surface area contributed by atoms with E-state index < -0.39 is 0 Å². The van der Waals surface area contributed by atoms with E-state index in [1.165, 1.54) is 18.1 Å². The Morgan fingerprint density at radius 2 is 1.84 bits per heavy atom. The predicted octanol–water partition coefficient (Wildman–Crippen LogP) is 3.36. The molecule has 124 valence electrons. The average molecular weight is 348 g/mol. The minimum absolute atomic E-state index is 0.00127. The number of para-hydroxylation sites is 1. The molecule has 0 spiro atoms. The Balaban J connectivity index is 1.45. The molecule has 1 aliphatic rings. The van der Waals surface area contributed by atoms with Crippen LogP contribution in [0.3, 0.4) is 0 Å². The van der Waals surface area contributed by atoms with E-state index in [1.807, 2.05) is 54.6 Å². The SMILES string of the molecule is O=C(CSc1ncnc2ccccc12)N1CCC(c2ccccc2)=N1. The molecule has 3 aromatic rings. The van der Waals surface area contributed by atoms with Crippen molar-refractivity contribution in [2.24, 2.45) is 5.10 Å². The van der Waals surface area contributed by atoms with Crippen LogP contribution in [0.2, 0.25) is 0 Å². The van der Waals surface area contributed by atoms with Crippen LogP contribution < -0.4 is 0 Å². The predicted molar refractivity (Wildman–Crippen MR) is 99.6 cm³/mol. The van der Waals surface area contributed by atoms with E-state index in [0.29, 0.717) is 12.3 Å². The Bertz CT molecular complexity index is 937. The molecule has 1 aromatic heterocycles. The van der Waals surface area contributed by atoms with Crippen molar-refractivity contribution in [3.05, 3.63) is 66.5 Å². The van der Waals surface area contributed by atoms with E-state index in [2.05, 4.69) is 15.1 Å². The van der Waals surface area contributed by atoms with Crippen molar-refractivity contribution < 1.29 is 4.79 Å². The Kier molecular flexibility index (Phi) is 4.43. The molecule has 5 nitrogen and oxygen atoms in total. The van der Waals surface area contributed by atoms with Gasteiger partial charge in [-0.1, -0.05) is 60.3 Å². The van der Waals surface area contributed by atoms with Crippen molar-refractivity contribution >= 4 is 34.3 Å². The van der Waals surface area contributed by atoms with E-state index in [9.17, 15) is 4.79 Å². The molecule has 1 amide bonds. The van der Waals surface area contributed by atoms with E-state index in [-0.39, 0.29) is 5.91 Å². The average Bonchev–Trinajstić information content (AvgIpc) is 3.17. The van der Waals surface area contributed by atoms with Gasteiger partial charge in [0.05, 0.1) is 23.5 Å². The second kappa shape index (κ2) is 7.03. The zero-order chi connectivity index (χ0) is 17.1. The van der Waals surface area contributed by atoms with E-state index in [0.717, 1.165) is 33.6 Å². The molecule has 25 heavy (non-hydrogen) atoms. The highest BCUT2D eigenvalue weighted by Crippen LogP contribution is 2.25. The van der Waals surface area contributed by atoms with Gasteiger partial charge in [0.15, 0.2) is 0 Å². The van der Waals surface area contributed by atoms with Gasteiger partial charge in [0, 0.05) is 11.8 Å². The van der Waals surface area contributed by atoms with Crippen molar-refractivity contribution in [3.8, 4) is 0 Å². The van der Waals surface area contributed by atoms with Crippen LogP contribution in [0, 0.1) is 0 Å². The van der Waals surface area contributed by atoms with Crippen LogP contribution >= 0.6 is 11.8 Å². The maximum absolute atomic E-state index is 12.5. The number of amides is 1. The summed E-state index contributed by atoms with van der Waals surface area (Å²) in [5.74, 6) is 0.311. The lowest BCUT2D eigenvalue weighted by Gasteiger charge is -2.11. The van der Waals surface area contributed by atoms with Crippen LogP contribution in [0.1, 0.15) is 12.0 Å². The molecule has 1 aliphatic heterocycles. The standard InChI is InChI=1S/C19H16N4OS/c24-18(23-11-10-16(22-23)14-6-2-1-3-7-14)12-25-19-15-8-4-5-9-17(15)20-13-21-19/h1-9,13H,10-12H2. The van der Waals surface area contributed by atoms with Gasteiger partial charge in [-0.05, 0) is 11.6 Å². The second-order valence-corrected chi connectivity index (χ2v) is 6.63. The molecule has 2 aromatic carbocycles. The van der Waals surface area contributed by atoms with Crippen LogP contribution in [0.4, 0.5) is 0 Å². The Morgan fingerprint density at radius 1 is 1.04 bits per heavy atom. The molecule has 6 heteroatoms. The van der Waals surface area contributed by atoms with Gasteiger partial charge < -0.3 is 0 Å². The van der Waals surface area contributed by atoms with Gasteiger partial charge in [0.1, 0.15) is 11.4 Å². The number of aromatic nitrogens is 2. The number of fused-ring (bicyclic) bond motifs is 1. The van der Waals surface area contributed by atoms with Gasteiger partial charge in [-0.25, -0.2) is 15.0 Å². The fourth-order valence-electron chi connectivity index (χ4n) is 2.77. The lowest BCUT2D eigenvalue weighted by Crippen LogP contribution is -2.25. The molecule has 0 atom stereocenters. The molecule has 0 aliphatic carbocycles. The molecule has 0 radical (unpaired) electrons. The number of hydrogen-bond acceptors (Lipinski definition) is 5. The van der Waals surface area contributed by atoms with Crippen LogP contribution in [0.25, 0.3) is 10.9 Å². The number of benzene rings is 2. The molecule has 4 rings (SSSR count). The third kappa shape index (κ3) is 3.39. The van der Waals surface area contributed by atoms with Gasteiger partial charge in [-0.2, -0.15) is 5.10 Å². The fourth-order valence-corrected chi connectivity index (χ4v) is 3.63. The molecular weight excluding hydrogens is 332 g/mol. The van der Waals surface area contributed by atoms with E-state index >= 15 is 0 Å². The number of nitrogens with zero attached hydrogens (tertiary/aromatic N) is 4. The number of carbonyl (C=O) groups is 1. The minimum atomic E-state index is -0.00127. The summed E-state index contributed by atoms with van der Waals surface area (Å²) >= 11 is 1.43. The number of carbonyl (C=O) groups excluding carboxylic acids is 1. The maximum Gasteiger partial charge on any atom is 0.253 e. The van der Waals surface area contributed by atoms with Crippen LogP contribution in [0.15, 0.2) is 71.1 Å². The summed E-state index contributed by atoms with van der Waals surface area (Å²) in [5, 5.41) is 7.85. The number of rotatable bonds is 4. The zero-order valence-electron chi connectivity index (χ0n) is 13.5. The zero-order valence-corrected chi connectivity index (χ0v) is 14.3. The highest BCUT2D eigenvalue weighted by atomic mass is 32.2. The third-order valence-electron chi connectivity index (χ3n) is 4.04. The van der Waals surface area contributed by atoms with E-state index in [4.69, 9.17) is 0 Å². The van der Waals surface area contributed by atoms with Crippen LogP contribution in [-0.2, 0) is 4.79 Å². The number of hydrazone groups is 1. The Labute approximate surface area is 149 Å². The lowest BCUT2D eigenvalue weighted by atomic mass is 10.1. The smallest absolute Gasteiger partial charge is 0.253 e. The molecule has 0 unspecified atom stereocenters. The molecular formula is C19H16N4OS. The number of hydrogen-bond donors (Lipinski definition) is 0. The van der Waals surface area contributed by atoms with E-state index in [1.54, 1.807) is 5.01 Å². The molecule has 0 bridgehead atoms. The van der Waals surface area contributed by atoms with Gasteiger partial charge in [0.2, 0.25) is 0 Å². The first-order valence-electron chi connectivity index (χ1n) is 8.07. The quantitative estimate of drug-likeness (QED) is 0.536. The minimum Gasteiger partial charge on any atom is -0.272 e. The van der Waals surface area contributed by atoms with Gasteiger partial charge >= 0.3 is 0 Å². The van der Waals surface area contributed by atoms with Gasteiger partial charge in [-0.3, -0.25) is 4.79 Å². The molecule has 0 saturated carbocycles. The summed E-state index contributed by atoms with van der Waals surface area (Å²) in [7, 11) is 0. The Hall–Kier alpha value is -2.73. The summed E-state index contributed by atoms with van der Waals surface area (Å²) in [6.07, 6.45) is 2.33. The number of thioether (sulfide) groups is 1. The summed E-state index contributed by atoms with van der Waals surface area (Å²) in [6.45, 7) is 0.633. The summed E-state index contributed by atoms with van der Waals surface area (Å²) in [5.41, 5.74) is 2.93. The van der Waals surface area contributed by atoms with Crippen molar-refractivity contribution in [1.82, 2.24) is 15.0 Å². The van der Waals surface area contributed by atoms with Crippen LogP contribution in [-0.4, -0.2) is 38.9 Å². The highest BCUT2D eigenvalue weighted by Gasteiger charge is 2.21. The van der Waals surface area contributed by atoms with Gasteiger partial charge in [0.25, 0.3) is 5.91 Å². The first-order chi connectivity index (χ1) is 12.3. The largest absolute Gasteiger partial charge is 0.272 e. The summed E-state index contributed by atoms with van der Waals surface area (Å²) in [4.78, 5) is 21.0. The van der Waals surface area contributed by atoms with Crippen LogP contribution in [0.5, 0.6) is 0 Å². The van der Waals surface area contributed by atoms with Gasteiger partial charge in [-0.15, -0.1) is 0 Å². The summed E-state index contributed by atoms with van der Waals surface area (Å²) in [6, 6.07) is 17.8. The lowest BCUT2D eigenvalue weighted by molar-refractivity contribution is -0.127. The molecule has 0 saturated heterocycles. The molecule has 0 N–H and O–H groups in total. The normalized spacial score (nSPS) is 13.9. The monoisotopic (exact) mass is 348 g/mol. The summed E-state index contributed by atoms with van der Waals surface area (Å²) < 4.78 is 0. The Morgan fingerprint density at radius 3 is 2.72 bits per heavy atom. The topological polar surface area (TPSA) is 58.5 Å². The third-order valence-corrected chi connectivity index (χ3v) is 5.03. The fraction of sp³-hybridized carbons (Fsp3) is 0.158. The molecule has 2 heterocycles. The first kappa shape index (κ1) is 15.8. The second-order valence-electron chi connectivity index (χ2n) is 5.66. The highest BCUT2D eigenvalue weighted by molar-refractivity contribution is 8.00. The maximum atomic E-state index is 12.5. The van der Waals surface area contributed by atoms with Crippen molar-refractivity contribution in [2.75, 3.05) is 12.3 Å².